The standard InChI is InChI=1S/C79H117F3N14O14/c1-50(2)93(3)57-21-31-67(96-37-32-65(77(96)104)91-74-62-43-54(79(80,81)82)16-30-64(62)87-49-88-74)66(44-57)92-75(102)51-12-17-55(18-13-51)89-68(97)10-7-39-107-58-22-26-60(27-23-58)109-41-35-84-70(99)47-95(38-34-86-76(103)63-45-72(101)94(4)73(63)53-9-6-33-83-46-53)48-71(100)85-36-42-110-61-28-24-59(25-29-61)108-40-8-11-69(98)90-56-19-14-52(15-20-56)78(105)106-5/h6,9,16,30,33,43,46,49-52,55-61,63,65-67,73H,7-8,10-15,17-29,31-32,34-42,44-45,47-48H2,1-5H3,(H,84,99)(H,85,100)(H,86,103)(H,89,97)(H,90,98)(H,92,102)(H,87,88,91)/t51?,52?,55?,56?,57-,58?,59?,60?,61?,63+,65+,66-,67+,73-/m1/s1. The lowest BCUT2D eigenvalue weighted by Gasteiger charge is -2.45. The van der Waals surface area contributed by atoms with Gasteiger partial charge in [-0.3, -0.25) is 53.0 Å². The largest absolute Gasteiger partial charge is 0.469 e. The number of aromatic nitrogens is 3. The number of benzene rings is 1. The third-order valence-electron chi connectivity index (χ3n) is 23.5. The maximum Gasteiger partial charge on any atom is 0.416 e. The van der Waals surface area contributed by atoms with Crippen LogP contribution < -0.4 is 37.2 Å². The van der Waals surface area contributed by atoms with Crippen LogP contribution in [0.5, 0.6) is 0 Å². The zero-order valence-electron chi connectivity index (χ0n) is 64.7. The van der Waals surface area contributed by atoms with E-state index in [4.69, 9.17) is 23.7 Å². The van der Waals surface area contributed by atoms with Gasteiger partial charge in [0, 0.05) is 120 Å². The van der Waals surface area contributed by atoms with Gasteiger partial charge in [-0.1, -0.05) is 6.07 Å². The maximum absolute atomic E-state index is 14.2. The summed E-state index contributed by atoms with van der Waals surface area (Å²) in [6, 6.07) is 5.56. The molecule has 2 aliphatic heterocycles. The van der Waals surface area contributed by atoms with Crippen LogP contribution in [-0.2, 0) is 73.0 Å². The Balaban J connectivity index is 0.585. The van der Waals surface area contributed by atoms with Crippen LogP contribution in [0.3, 0.4) is 0 Å². The van der Waals surface area contributed by atoms with Crippen molar-refractivity contribution in [2.24, 2.45) is 17.8 Å². The van der Waals surface area contributed by atoms with Gasteiger partial charge in [-0.25, -0.2) is 9.97 Å². The molecular formula is C79H117F3N14O14. The van der Waals surface area contributed by atoms with Crippen molar-refractivity contribution in [3.63, 3.8) is 0 Å². The van der Waals surface area contributed by atoms with Gasteiger partial charge in [0.1, 0.15) is 18.2 Å². The van der Waals surface area contributed by atoms with Crippen LogP contribution in [0.1, 0.15) is 192 Å². The fourth-order valence-electron chi connectivity index (χ4n) is 17.0. The number of likely N-dealkylation sites (tertiary alicyclic amines) is 2. The van der Waals surface area contributed by atoms with Crippen molar-refractivity contribution in [2.75, 3.05) is 98.8 Å². The summed E-state index contributed by atoms with van der Waals surface area (Å²) < 4.78 is 70.7. The Morgan fingerprint density at radius 1 is 0.645 bits per heavy atom. The van der Waals surface area contributed by atoms with Gasteiger partial charge in [-0.05, 0) is 192 Å². The number of rotatable bonds is 37. The highest BCUT2D eigenvalue weighted by atomic mass is 19.4. The molecule has 110 heavy (non-hydrogen) atoms. The van der Waals surface area contributed by atoms with Crippen molar-refractivity contribution in [3.05, 3.63) is 60.2 Å². The minimum atomic E-state index is -4.57. The van der Waals surface area contributed by atoms with Gasteiger partial charge < -0.3 is 75.6 Å². The zero-order valence-corrected chi connectivity index (χ0v) is 64.7. The molecule has 4 heterocycles. The summed E-state index contributed by atoms with van der Waals surface area (Å²) >= 11 is 0. The molecule has 0 spiro atoms. The second kappa shape index (κ2) is 41.7. The quantitative estimate of drug-likeness (QED) is 0.0241. The van der Waals surface area contributed by atoms with Crippen LogP contribution in [-0.4, -0.2) is 248 Å². The second-order valence-electron chi connectivity index (χ2n) is 31.4. The monoisotopic (exact) mass is 1540 g/mol. The normalized spacial score (nSPS) is 26.7. The molecule has 8 amide bonds. The van der Waals surface area contributed by atoms with Crippen molar-refractivity contribution in [1.29, 1.82) is 0 Å². The molecule has 0 radical (unpaired) electrons. The molecule has 28 nitrogen and oxygen atoms in total. The van der Waals surface area contributed by atoms with Crippen LogP contribution in [0.2, 0.25) is 0 Å². The summed E-state index contributed by atoms with van der Waals surface area (Å²) in [4.78, 5) is 139. The van der Waals surface area contributed by atoms with Crippen molar-refractivity contribution in [2.45, 2.75) is 253 Å². The van der Waals surface area contributed by atoms with Crippen LogP contribution in [0, 0.1) is 17.8 Å². The van der Waals surface area contributed by atoms with E-state index in [-0.39, 0.29) is 189 Å². The molecule has 0 bridgehead atoms. The van der Waals surface area contributed by atoms with E-state index in [1.807, 2.05) is 11.0 Å². The average Bonchev–Trinajstić information content (AvgIpc) is 1.46. The lowest BCUT2D eigenvalue weighted by atomic mass is 9.82. The first kappa shape index (κ1) is 84.7. The van der Waals surface area contributed by atoms with Gasteiger partial charge >= 0.3 is 12.1 Å². The molecule has 2 saturated heterocycles. The van der Waals surface area contributed by atoms with E-state index < -0.39 is 29.7 Å². The molecule has 7 N–H and O–H groups in total. The molecule has 6 atom stereocenters. The highest BCUT2D eigenvalue weighted by Gasteiger charge is 2.46. The Bertz CT molecular complexity index is 3520. The number of pyridine rings is 1. The van der Waals surface area contributed by atoms with E-state index in [2.05, 4.69) is 78.0 Å². The second-order valence-corrected chi connectivity index (χ2v) is 31.4. The first-order valence-corrected chi connectivity index (χ1v) is 40.2. The van der Waals surface area contributed by atoms with Gasteiger partial charge in [0.05, 0.1) is 98.9 Å². The first-order chi connectivity index (χ1) is 53.0. The summed E-state index contributed by atoms with van der Waals surface area (Å²) in [5.74, 6) is -2.41. The SMILES string of the molecule is COC(=O)C1CCC(NC(=O)CCCOC2CCC(OCCNC(=O)CN(CCNC(=O)[C@H]3CC(=O)N(C)[C@@H]3c3cccnc3)CC(=O)NCCOC3CCC(OCCCC(=O)NC4CCC(C(=O)N[C@@H]5C[C@H](N(C)C(C)C)CC[C@@H]5N5CC[C@H](Nc6ncnc7ccc(C(F)(F)F)cc67)C5=O)CC4)CC3)CC2)CC1. The van der Waals surface area contributed by atoms with Crippen LogP contribution in [0.15, 0.2) is 49.1 Å². The van der Waals surface area contributed by atoms with Gasteiger partial charge in [-0.2, -0.15) is 13.2 Å². The van der Waals surface area contributed by atoms with E-state index >= 15 is 0 Å². The highest BCUT2D eigenvalue weighted by Crippen LogP contribution is 2.39. The minimum absolute atomic E-state index is 0.000391. The third kappa shape index (κ3) is 24.9. The van der Waals surface area contributed by atoms with Crippen molar-refractivity contribution in [1.82, 2.24) is 66.5 Å². The Labute approximate surface area is 643 Å². The predicted octanol–water partition coefficient (Wildman–Crippen LogP) is 6.44. The molecule has 7 aliphatic rings. The molecule has 7 fully saturated rings. The summed E-state index contributed by atoms with van der Waals surface area (Å²) in [5, 5.41) is 21.8. The number of esters is 1. The number of ether oxygens (including phenoxy) is 5. The van der Waals surface area contributed by atoms with Crippen LogP contribution in [0.4, 0.5) is 19.0 Å². The van der Waals surface area contributed by atoms with E-state index in [9.17, 15) is 56.3 Å². The molecule has 1 aromatic carbocycles. The number of hydrogen-bond donors (Lipinski definition) is 7. The van der Waals surface area contributed by atoms with Crippen LogP contribution in [0.25, 0.3) is 10.9 Å². The molecule has 5 aliphatic carbocycles. The summed E-state index contributed by atoms with van der Waals surface area (Å²) in [5.41, 5.74) is 0.239. The fourth-order valence-corrected chi connectivity index (χ4v) is 17.0. The zero-order chi connectivity index (χ0) is 78.3. The third-order valence-corrected chi connectivity index (χ3v) is 23.5. The minimum Gasteiger partial charge on any atom is -0.469 e. The van der Waals surface area contributed by atoms with Gasteiger partial charge in [0.15, 0.2) is 0 Å². The number of carbonyl (C=O) groups is 9. The number of carbonyl (C=O) groups excluding carboxylic acids is 9. The highest BCUT2D eigenvalue weighted by molar-refractivity contribution is 5.94. The maximum atomic E-state index is 14.2. The average molecular weight is 1540 g/mol. The van der Waals surface area contributed by atoms with Crippen molar-refractivity contribution < 1.29 is 80.0 Å². The number of nitrogens with zero attached hydrogens (tertiary/aromatic N) is 7. The van der Waals surface area contributed by atoms with Crippen molar-refractivity contribution in [3.8, 4) is 0 Å². The van der Waals surface area contributed by atoms with E-state index in [0.29, 0.717) is 115 Å². The van der Waals surface area contributed by atoms with Crippen molar-refractivity contribution >= 4 is 69.9 Å². The lowest BCUT2D eigenvalue weighted by Crippen LogP contribution is -2.59. The smallest absolute Gasteiger partial charge is 0.416 e. The van der Waals surface area contributed by atoms with Gasteiger partial charge in [0.25, 0.3) is 0 Å². The Hall–Kier alpha value is -7.71. The summed E-state index contributed by atoms with van der Waals surface area (Å²) in [6.45, 7) is 6.75. The van der Waals surface area contributed by atoms with E-state index in [1.54, 1.807) is 35.3 Å². The van der Waals surface area contributed by atoms with E-state index in [0.717, 1.165) is 88.3 Å². The number of methoxy groups -OCH3 is 1. The fraction of sp³-hybridized carbons (Fsp3) is 0.722. The molecule has 608 valence electrons. The molecule has 31 heteroatoms. The number of fused-ring (bicyclic) bond motifs is 1. The van der Waals surface area contributed by atoms with Gasteiger partial charge in [-0.15, -0.1) is 0 Å². The Kier molecular flexibility index (Phi) is 32.1. The molecule has 2 aromatic heterocycles. The summed E-state index contributed by atoms with van der Waals surface area (Å²) in [6.07, 6.45) is 16.5. The van der Waals surface area contributed by atoms with Gasteiger partial charge in [0.2, 0.25) is 47.3 Å². The number of alkyl halides is 3. The summed E-state index contributed by atoms with van der Waals surface area (Å²) in [7, 11) is 5.16. The molecule has 3 aromatic rings. The number of nitrogens with one attached hydrogen (secondary N) is 7. The number of halogens is 3. The number of hydrogen-bond acceptors (Lipinski definition) is 20. The van der Waals surface area contributed by atoms with Crippen LogP contribution >= 0.6 is 0 Å². The lowest BCUT2D eigenvalue weighted by molar-refractivity contribution is -0.146. The molecular weight excluding hydrogens is 1430 g/mol. The Morgan fingerprint density at radius 2 is 1.22 bits per heavy atom. The predicted molar refractivity (Wildman–Crippen MR) is 402 cm³/mol. The number of amides is 8. The first-order valence-electron chi connectivity index (χ1n) is 40.2. The topological polar surface area (TPSA) is 336 Å². The van der Waals surface area contributed by atoms with E-state index in [1.165, 1.54) is 19.5 Å². The molecule has 10 rings (SSSR count). The molecule has 5 saturated carbocycles. The Morgan fingerprint density at radius 3 is 1.76 bits per heavy atom. The molecule has 0 unspecified atom stereocenters. The number of anilines is 1.